The van der Waals surface area contributed by atoms with Gasteiger partial charge in [-0.05, 0) is 35.9 Å². The smallest absolute Gasteiger partial charge is 0.0705 e. The number of hydrogen-bond donors (Lipinski definition) is 0. The fourth-order valence-corrected chi connectivity index (χ4v) is 4.19. The van der Waals surface area contributed by atoms with Gasteiger partial charge in [0.25, 0.3) is 0 Å². The van der Waals surface area contributed by atoms with Crippen LogP contribution < -0.4 is 0 Å². The van der Waals surface area contributed by atoms with E-state index in [9.17, 15) is 0 Å². The Hall–Kier alpha value is -0.710. The van der Waals surface area contributed by atoms with Gasteiger partial charge in [-0.15, -0.1) is 0 Å². The molecule has 1 heterocycles. The van der Waals surface area contributed by atoms with E-state index in [1.807, 2.05) is 18.2 Å². The summed E-state index contributed by atoms with van der Waals surface area (Å²) in [6, 6.07) is 18.6. The standard InChI is InChI=1S/C17H12Br3N/c18-12-6-8-15(19)14(9-12)16(20)10-13-7-5-11-3-1-2-4-17(11)21-13/h1-9,16H,10H2. The van der Waals surface area contributed by atoms with Crippen molar-refractivity contribution < 1.29 is 0 Å². The van der Waals surface area contributed by atoms with Gasteiger partial charge in [-0.25, -0.2) is 0 Å². The van der Waals surface area contributed by atoms with E-state index in [2.05, 4.69) is 84.2 Å². The van der Waals surface area contributed by atoms with E-state index < -0.39 is 0 Å². The third-order valence-corrected chi connectivity index (χ3v) is 5.37. The maximum absolute atomic E-state index is 4.74. The molecule has 1 unspecified atom stereocenters. The molecule has 2 aromatic carbocycles. The minimum absolute atomic E-state index is 0.220. The second kappa shape index (κ2) is 6.59. The zero-order valence-electron chi connectivity index (χ0n) is 11.1. The van der Waals surface area contributed by atoms with Crippen molar-refractivity contribution >= 4 is 58.7 Å². The van der Waals surface area contributed by atoms with Gasteiger partial charge < -0.3 is 0 Å². The van der Waals surface area contributed by atoms with Gasteiger partial charge in [0.05, 0.1) is 5.52 Å². The summed E-state index contributed by atoms with van der Waals surface area (Å²) in [6.07, 6.45) is 0.847. The topological polar surface area (TPSA) is 12.9 Å². The summed E-state index contributed by atoms with van der Waals surface area (Å²) in [7, 11) is 0. The number of nitrogens with zero attached hydrogens (tertiary/aromatic N) is 1. The highest BCUT2D eigenvalue weighted by Crippen LogP contribution is 2.34. The molecule has 3 rings (SSSR count). The highest BCUT2D eigenvalue weighted by atomic mass is 79.9. The molecule has 4 heteroatoms. The van der Waals surface area contributed by atoms with Crippen molar-refractivity contribution in [2.75, 3.05) is 0 Å². The first kappa shape index (κ1) is 15.2. The van der Waals surface area contributed by atoms with Crippen LogP contribution in [0.2, 0.25) is 0 Å². The lowest BCUT2D eigenvalue weighted by Crippen LogP contribution is -1.99. The van der Waals surface area contributed by atoms with Crippen LogP contribution in [0, 0.1) is 0 Å². The molecule has 0 aliphatic heterocycles. The first-order chi connectivity index (χ1) is 10.1. The van der Waals surface area contributed by atoms with Crippen LogP contribution in [0.15, 0.2) is 63.5 Å². The zero-order chi connectivity index (χ0) is 14.8. The fraction of sp³-hybridized carbons (Fsp3) is 0.118. The molecule has 1 aromatic heterocycles. The van der Waals surface area contributed by atoms with E-state index in [1.165, 1.54) is 10.9 Å². The first-order valence-corrected chi connectivity index (χ1v) is 9.07. The average molecular weight is 470 g/mol. The molecule has 0 aliphatic carbocycles. The maximum atomic E-state index is 4.74. The number of aromatic nitrogens is 1. The average Bonchev–Trinajstić information content (AvgIpc) is 2.49. The number of para-hydroxylation sites is 1. The van der Waals surface area contributed by atoms with Crippen molar-refractivity contribution in [3.8, 4) is 0 Å². The quantitative estimate of drug-likeness (QED) is 0.402. The summed E-state index contributed by atoms with van der Waals surface area (Å²) in [5.41, 5.74) is 3.35. The molecular weight excluding hydrogens is 458 g/mol. The van der Waals surface area contributed by atoms with Crippen molar-refractivity contribution in [2.24, 2.45) is 0 Å². The van der Waals surface area contributed by atoms with Gasteiger partial charge in [-0.3, -0.25) is 4.98 Å². The van der Waals surface area contributed by atoms with Gasteiger partial charge in [-0.1, -0.05) is 72.1 Å². The molecule has 3 aromatic rings. The number of fused-ring (bicyclic) bond motifs is 1. The number of pyridine rings is 1. The summed E-state index contributed by atoms with van der Waals surface area (Å²) in [6.45, 7) is 0. The third-order valence-electron chi connectivity index (χ3n) is 3.34. The SMILES string of the molecule is Brc1ccc(Br)c(C(Br)Cc2ccc3ccccc3n2)c1. The Morgan fingerprint density at radius 1 is 0.952 bits per heavy atom. The van der Waals surface area contributed by atoms with Crippen molar-refractivity contribution in [3.05, 3.63) is 74.8 Å². The fourth-order valence-electron chi connectivity index (χ4n) is 2.27. The Morgan fingerprint density at radius 2 is 1.76 bits per heavy atom. The first-order valence-electron chi connectivity index (χ1n) is 6.57. The Kier molecular flexibility index (Phi) is 4.77. The van der Waals surface area contributed by atoms with Crippen LogP contribution in [0.5, 0.6) is 0 Å². The van der Waals surface area contributed by atoms with Gasteiger partial charge in [0.2, 0.25) is 0 Å². The molecule has 106 valence electrons. The van der Waals surface area contributed by atoms with Crippen LogP contribution in [-0.2, 0) is 6.42 Å². The van der Waals surface area contributed by atoms with E-state index >= 15 is 0 Å². The van der Waals surface area contributed by atoms with Gasteiger partial charge in [0.15, 0.2) is 0 Å². The number of rotatable bonds is 3. The van der Waals surface area contributed by atoms with Crippen molar-refractivity contribution in [2.45, 2.75) is 11.2 Å². The summed E-state index contributed by atoms with van der Waals surface area (Å²) in [5, 5.41) is 1.18. The maximum Gasteiger partial charge on any atom is 0.0705 e. The third kappa shape index (κ3) is 3.55. The highest BCUT2D eigenvalue weighted by Gasteiger charge is 2.13. The van der Waals surface area contributed by atoms with E-state index in [0.717, 1.165) is 26.6 Å². The second-order valence-electron chi connectivity index (χ2n) is 4.83. The lowest BCUT2D eigenvalue weighted by Gasteiger charge is -2.13. The molecular formula is C17H12Br3N. The monoisotopic (exact) mass is 467 g/mol. The molecule has 0 spiro atoms. The Morgan fingerprint density at radius 3 is 2.62 bits per heavy atom. The van der Waals surface area contributed by atoms with Crippen molar-refractivity contribution in [3.63, 3.8) is 0 Å². The molecule has 1 atom stereocenters. The Bertz CT molecular complexity index is 786. The molecule has 1 nitrogen and oxygen atoms in total. The second-order valence-corrected chi connectivity index (χ2v) is 7.71. The molecule has 0 bridgehead atoms. The molecule has 0 saturated carbocycles. The molecule has 0 N–H and O–H groups in total. The van der Waals surface area contributed by atoms with E-state index in [-0.39, 0.29) is 4.83 Å². The van der Waals surface area contributed by atoms with Crippen LogP contribution in [0.3, 0.4) is 0 Å². The minimum atomic E-state index is 0.220. The lowest BCUT2D eigenvalue weighted by atomic mass is 10.1. The highest BCUT2D eigenvalue weighted by molar-refractivity contribution is 9.11. The van der Waals surface area contributed by atoms with Crippen LogP contribution in [0.25, 0.3) is 10.9 Å². The predicted octanol–water partition coefficient (Wildman–Crippen LogP) is 6.44. The number of benzene rings is 2. The number of hydrogen-bond acceptors (Lipinski definition) is 1. The van der Waals surface area contributed by atoms with Crippen molar-refractivity contribution in [1.29, 1.82) is 0 Å². The summed E-state index contributed by atoms with van der Waals surface area (Å²) < 4.78 is 2.19. The van der Waals surface area contributed by atoms with E-state index in [0.29, 0.717) is 0 Å². The minimum Gasteiger partial charge on any atom is -0.253 e. The summed E-state index contributed by atoms with van der Waals surface area (Å²) in [5.74, 6) is 0. The zero-order valence-corrected chi connectivity index (χ0v) is 15.8. The molecule has 0 fully saturated rings. The van der Waals surface area contributed by atoms with Crippen LogP contribution in [0.4, 0.5) is 0 Å². The van der Waals surface area contributed by atoms with Gasteiger partial charge in [-0.2, -0.15) is 0 Å². The number of alkyl halides is 1. The van der Waals surface area contributed by atoms with Crippen molar-refractivity contribution in [1.82, 2.24) is 4.98 Å². The van der Waals surface area contributed by atoms with Gasteiger partial charge >= 0.3 is 0 Å². The van der Waals surface area contributed by atoms with E-state index in [1.54, 1.807) is 0 Å². The van der Waals surface area contributed by atoms with Gasteiger partial charge in [0, 0.05) is 31.3 Å². The molecule has 21 heavy (non-hydrogen) atoms. The molecule has 0 radical (unpaired) electrons. The molecule has 0 amide bonds. The Labute approximate surface area is 149 Å². The number of halogens is 3. The Balaban J connectivity index is 1.88. The largest absolute Gasteiger partial charge is 0.253 e. The molecule has 0 saturated heterocycles. The summed E-state index contributed by atoms with van der Waals surface area (Å²) >= 11 is 10.9. The van der Waals surface area contributed by atoms with Crippen LogP contribution in [0.1, 0.15) is 16.1 Å². The molecule has 0 aliphatic rings. The normalized spacial score (nSPS) is 12.5. The van der Waals surface area contributed by atoms with Gasteiger partial charge in [0.1, 0.15) is 0 Å². The summed E-state index contributed by atoms with van der Waals surface area (Å²) in [4.78, 5) is 4.96. The lowest BCUT2D eigenvalue weighted by molar-refractivity contribution is 0.908. The van der Waals surface area contributed by atoms with Crippen LogP contribution >= 0.6 is 47.8 Å². The van der Waals surface area contributed by atoms with E-state index in [4.69, 9.17) is 4.98 Å². The predicted molar refractivity (Wildman–Crippen MR) is 99.0 cm³/mol. The van der Waals surface area contributed by atoms with Crippen LogP contribution in [-0.4, -0.2) is 4.98 Å².